The molecule has 0 bridgehead atoms. The van der Waals surface area contributed by atoms with E-state index in [0.717, 1.165) is 34.6 Å². The highest BCUT2D eigenvalue weighted by molar-refractivity contribution is 6.15. The Labute approximate surface area is 148 Å². The van der Waals surface area contributed by atoms with Gasteiger partial charge in [-0.2, -0.15) is 0 Å². The van der Waals surface area contributed by atoms with Crippen LogP contribution in [0.2, 0.25) is 0 Å². The van der Waals surface area contributed by atoms with Crippen LogP contribution in [0.3, 0.4) is 0 Å². The van der Waals surface area contributed by atoms with Gasteiger partial charge in [0.15, 0.2) is 0 Å². The molecule has 1 aliphatic carbocycles. The first-order valence-electron chi connectivity index (χ1n) is 9.27. The third-order valence-corrected chi connectivity index (χ3v) is 5.31. The van der Waals surface area contributed by atoms with Crippen LogP contribution in [0, 0.1) is 6.92 Å². The van der Waals surface area contributed by atoms with Gasteiger partial charge in [-0.25, -0.2) is 0 Å². The molecule has 1 saturated carbocycles. The summed E-state index contributed by atoms with van der Waals surface area (Å²) in [5.41, 5.74) is 3.09. The second-order valence-corrected chi connectivity index (χ2v) is 7.18. The Hall–Kier alpha value is -2.42. The monoisotopic (exact) mass is 332 g/mol. The van der Waals surface area contributed by atoms with Crippen LogP contribution in [0.5, 0.6) is 0 Å². The van der Waals surface area contributed by atoms with Crippen molar-refractivity contribution in [1.29, 1.82) is 0 Å². The first kappa shape index (κ1) is 16.1. The summed E-state index contributed by atoms with van der Waals surface area (Å²) in [6.45, 7) is 2.07. The zero-order valence-corrected chi connectivity index (χ0v) is 14.7. The summed E-state index contributed by atoms with van der Waals surface area (Å²) >= 11 is 0. The molecule has 0 saturated heterocycles. The molecule has 1 amide bonds. The van der Waals surface area contributed by atoms with Gasteiger partial charge in [0.1, 0.15) is 6.04 Å². The van der Waals surface area contributed by atoms with E-state index in [2.05, 4.69) is 36.5 Å². The third-order valence-electron chi connectivity index (χ3n) is 5.31. The number of benzene rings is 2. The van der Waals surface area contributed by atoms with Crippen molar-refractivity contribution in [1.82, 2.24) is 5.32 Å². The summed E-state index contributed by atoms with van der Waals surface area (Å²) in [6, 6.07) is 16.4. The Balaban J connectivity index is 1.71. The highest BCUT2D eigenvalue weighted by Gasteiger charge is 2.28. The molecular formula is C22H24N2O. The second kappa shape index (κ2) is 6.83. The minimum absolute atomic E-state index is 0.0474. The van der Waals surface area contributed by atoms with Gasteiger partial charge in [-0.05, 0) is 31.4 Å². The minimum Gasteiger partial charge on any atom is -0.349 e. The van der Waals surface area contributed by atoms with Crippen molar-refractivity contribution in [2.75, 3.05) is 0 Å². The van der Waals surface area contributed by atoms with Gasteiger partial charge in [0.05, 0.1) is 10.9 Å². The Morgan fingerprint density at radius 2 is 1.72 bits per heavy atom. The van der Waals surface area contributed by atoms with E-state index in [1.807, 2.05) is 24.3 Å². The Bertz CT molecular complexity index is 892. The lowest BCUT2D eigenvalue weighted by atomic mass is 9.93. The fourth-order valence-electron chi connectivity index (χ4n) is 3.91. The molecule has 4 rings (SSSR count). The van der Waals surface area contributed by atoms with E-state index in [-0.39, 0.29) is 11.9 Å². The van der Waals surface area contributed by atoms with Gasteiger partial charge in [-0.15, -0.1) is 0 Å². The van der Waals surface area contributed by atoms with Crippen molar-refractivity contribution in [2.45, 2.75) is 51.1 Å². The molecule has 1 N–H and O–H groups in total. The highest BCUT2D eigenvalue weighted by Crippen LogP contribution is 2.28. The van der Waals surface area contributed by atoms with Gasteiger partial charge in [0.25, 0.3) is 5.91 Å². The Kier molecular flexibility index (Phi) is 4.39. The molecule has 0 aromatic heterocycles. The number of rotatable bonds is 3. The molecule has 3 nitrogen and oxygen atoms in total. The quantitative estimate of drug-likeness (QED) is 0.922. The summed E-state index contributed by atoms with van der Waals surface area (Å²) in [5, 5.41) is 5.17. The average molecular weight is 332 g/mol. The molecule has 1 heterocycles. The molecule has 1 atom stereocenters. The summed E-state index contributed by atoms with van der Waals surface area (Å²) in [7, 11) is 0. The van der Waals surface area contributed by atoms with Crippen LogP contribution < -0.4 is 15.9 Å². The second-order valence-electron chi connectivity index (χ2n) is 7.18. The van der Waals surface area contributed by atoms with Crippen molar-refractivity contribution < 1.29 is 4.79 Å². The fourth-order valence-corrected chi connectivity index (χ4v) is 3.91. The molecule has 3 heteroatoms. The maximum atomic E-state index is 13.1. The summed E-state index contributed by atoms with van der Waals surface area (Å²) in [4.78, 5) is 18.0. The van der Waals surface area contributed by atoms with Gasteiger partial charge < -0.3 is 5.32 Å². The normalized spacial score (nSPS) is 20.0. The van der Waals surface area contributed by atoms with E-state index in [4.69, 9.17) is 4.99 Å². The van der Waals surface area contributed by atoms with E-state index < -0.39 is 0 Å². The minimum atomic E-state index is -0.207. The van der Waals surface area contributed by atoms with E-state index in [9.17, 15) is 4.79 Å². The summed E-state index contributed by atoms with van der Waals surface area (Å²) in [5.74, 6) is 0.0474. The van der Waals surface area contributed by atoms with Gasteiger partial charge in [-0.1, -0.05) is 67.3 Å². The summed E-state index contributed by atoms with van der Waals surface area (Å²) < 4.78 is 0. The van der Waals surface area contributed by atoms with Crippen LogP contribution in [0.15, 0.2) is 53.5 Å². The number of nitrogens with one attached hydrogen (secondary N) is 1. The number of aryl methyl sites for hydroxylation is 1. The maximum Gasteiger partial charge on any atom is 0.250 e. The highest BCUT2D eigenvalue weighted by atomic mass is 16.1. The number of amides is 1. The molecule has 0 radical (unpaired) electrons. The number of fused-ring (bicyclic) bond motifs is 1. The van der Waals surface area contributed by atoms with E-state index >= 15 is 0 Å². The van der Waals surface area contributed by atoms with Crippen LogP contribution in [0.25, 0.3) is 5.57 Å². The molecule has 0 spiro atoms. The number of para-hydroxylation sites is 1. The zero-order chi connectivity index (χ0) is 17.2. The molecular weight excluding hydrogens is 308 g/mol. The topological polar surface area (TPSA) is 41.5 Å². The standard InChI is InChI=1S/C22H24N2O/c1-15-11-13-16(14-12-15)21-20(18-9-5-6-10-19(18)24-21)22(25)23-17-7-3-2-4-8-17/h5-6,9-14,17,21H,2-4,7-8H2,1H3,(H,23,25). The third kappa shape index (κ3) is 3.23. The fraction of sp³-hybridized carbons (Fsp3) is 0.364. The number of hydrogen-bond acceptors (Lipinski definition) is 2. The van der Waals surface area contributed by atoms with E-state index in [0.29, 0.717) is 6.04 Å². The molecule has 2 aromatic rings. The molecule has 1 aliphatic heterocycles. The SMILES string of the molecule is Cc1ccc(C2N=c3ccccc3=C2C(=O)NC2CCCCC2)cc1. The Morgan fingerprint density at radius 1 is 1.00 bits per heavy atom. The van der Waals surface area contributed by atoms with Crippen LogP contribution in [0.4, 0.5) is 0 Å². The molecule has 128 valence electrons. The van der Waals surface area contributed by atoms with Gasteiger partial charge in [0, 0.05) is 11.3 Å². The van der Waals surface area contributed by atoms with Crippen molar-refractivity contribution in [2.24, 2.45) is 4.99 Å². The predicted molar refractivity (Wildman–Crippen MR) is 99.6 cm³/mol. The molecule has 2 aromatic carbocycles. The van der Waals surface area contributed by atoms with Gasteiger partial charge in [-0.3, -0.25) is 9.79 Å². The van der Waals surface area contributed by atoms with Crippen molar-refractivity contribution in [3.05, 3.63) is 70.2 Å². The summed E-state index contributed by atoms with van der Waals surface area (Å²) in [6.07, 6.45) is 5.89. The number of hydrogen-bond donors (Lipinski definition) is 1. The first-order valence-corrected chi connectivity index (χ1v) is 9.27. The van der Waals surface area contributed by atoms with Crippen LogP contribution in [0.1, 0.15) is 49.3 Å². The number of carbonyl (C=O) groups excluding carboxylic acids is 1. The number of carbonyl (C=O) groups is 1. The zero-order valence-electron chi connectivity index (χ0n) is 14.7. The molecule has 2 aliphatic rings. The number of nitrogens with zero attached hydrogens (tertiary/aromatic N) is 1. The van der Waals surface area contributed by atoms with Crippen molar-refractivity contribution in [3.63, 3.8) is 0 Å². The Morgan fingerprint density at radius 3 is 2.48 bits per heavy atom. The largest absolute Gasteiger partial charge is 0.349 e. The molecule has 25 heavy (non-hydrogen) atoms. The van der Waals surface area contributed by atoms with Crippen LogP contribution in [-0.2, 0) is 4.79 Å². The molecule has 1 fully saturated rings. The predicted octanol–water partition coefficient (Wildman–Crippen LogP) is 2.97. The lowest BCUT2D eigenvalue weighted by Gasteiger charge is -2.24. The first-order chi connectivity index (χ1) is 12.2. The van der Waals surface area contributed by atoms with Crippen molar-refractivity contribution >= 4 is 11.5 Å². The average Bonchev–Trinajstić information content (AvgIpc) is 3.03. The smallest absolute Gasteiger partial charge is 0.250 e. The van der Waals surface area contributed by atoms with E-state index in [1.165, 1.54) is 24.8 Å². The maximum absolute atomic E-state index is 13.1. The van der Waals surface area contributed by atoms with Crippen LogP contribution in [-0.4, -0.2) is 11.9 Å². The van der Waals surface area contributed by atoms with Gasteiger partial charge in [0.2, 0.25) is 0 Å². The van der Waals surface area contributed by atoms with Gasteiger partial charge >= 0.3 is 0 Å². The lowest BCUT2D eigenvalue weighted by Crippen LogP contribution is -2.39. The molecule has 1 unspecified atom stereocenters. The van der Waals surface area contributed by atoms with E-state index in [1.54, 1.807) is 0 Å². The van der Waals surface area contributed by atoms with Crippen molar-refractivity contribution in [3.8, 4) is 0 Å². The van der Waals surface area contributed by atoms with Crippen LogP contribution >= 0.6 is 0 Å². The lowest BCUT2D eigenvalue weighted by molar-refractivity contribution is -0.116.